The molecule has 1 aromatic carbocycles. The van der Waals surface area contributed by atoms with Gasteiger partial charge in [0.15, 0.2) is 5.71 Å². The number of allylic oxidation sites excluding steroid dienone is 4. The van der Waals surface area contributed by atoms with Crippen LogP contribution in [0.5, 0.6) is 0 Å². The molecule has 0 atom stereocenters. The van der Waals surface area contributed by atoms with Gasteiger partial charge < -0.3 is 4.90 Å². The van der Waals surface area contributed by atoms with Gasteiger partial charge in [-0.25, -0.2) is 4.58 Å². The van der Waals surface area contributed by atoms with Crippen LogP contribution < -0.4 is 4.90 Å². The lowest BCUT2D eigenvalue weighted by Crippen LogP contribution is -2.11. The van der Waals surface area contributed by atoms with E-state index in [1.54, 1.807) is 0 Å². The Labute approximate surface area is 110 Å². The molecule has 1 aliphatic rings. The Bertz CT molecular complexity index is 484. The number of hydrogen-bond acceptors (Lipinski definition) is 1. The number of nitrogens with zero attached hydrogens (tertiary/aromatic N) is 2. The largest absolute Gasteiger partial charge is 0.378 e. The Balaban J connectivity index is 2.18. The van der Waals surface area contributed by atoms with Crippen molar-refractivity contribution in [1.29, 1.82) is 0 Å². The van der Waals surface area contributed by atoms with E-state index in [4.69, 9.17) is 0 Å². The Morgan fingerprint density at radius 1 is 0.944 bits per heavy atom. The molecule has 1 aliphatic carbocycles. The second-order valence-corrected chi connectivity index (χ2v) is 5.05. The fourth-order valence-corrected chi connectivity index (χ4v) is 2.04. The molecule has 0 N–H and O–H groups in total. The fraction of sp³-hybridized carbons (Fsp3) is 0.312. The van der Waals surface area contributed by atoms with Crippen LogP contribution in [-0.2, 0) is 0 Å². The van der Waals surface area contributed by atoms with Crippen molar-refractivity contribution in [3.05, 3.63) is 54.1 Å². The summed E-state index contributed by atoms with van der Waals surface area (Å²) in [6.45, 7) is 0. The molecule has 0 radical (unpaired) electrons. The molecule has 94 valence electrons. The molecule has 0 bridgehead atoms. The van der Waals surface area contributed by atoms with E-state index in [0.29, 0.717) is 5.92 Å². The minimum atomic E-state index is 0.393. The van der Waals surface area contributed by atoms with Gasteiger partial charge >= 0.3 is 0 Å². The lowest BCUT2D eigenvalue weighted by molar-refractivity contribution is -0.462. The summed E-state index contributed by atoms with van der Waals surface area (Å²) in [4.78, 5) is 2.12. The van der Waals surface area contributed by atoms with Gasteiger partial charge in [0.05, 0.1) is 0 Å². The van der Waals surface area contributed by atoms with Gasteiger partial charge in [0.2, 0.25) is 0 Å². The predicted molar refractivity (Wildman–Crippen MR) is 78.9 cm³/mol. The maximum Gasteiger partial charge on any atom is 0.198 e. The number of hydrogen-bond donors (Lipinski definition) is 0. The first-order chi connectivity index (χ1) is 8.58. The van der Waals surface area contributed by atoms with Crippen molar-refractivity contribution in [2.75, 3.05) is 33.1 Å². The first-order valence-corrected chi connectivity index (χ1v) is 6.26. The van der Waals surface area contributed by atoms with E-state index in [-0.39, 0.29) is 0 Å². The molecule has 0 unspecified atom stereocenters. The first kappa shape index (κ1) is 12.6. The van der Waals surface area contributed by atoms with Gasteiger partial charge in [-0.2, -0.15) is 0 Å². The quantitative estimate of drug-likeness (QED) is 0.722. The summed E-state index contributed by atoms with van der Waals surface area (Å²) in [5.74, 6) is 0.393. The zero-order valence-corrected chi connectivity index (χ0v) is 11.6. The molecule has 0 saturated heterocycles. The van der Waals surface area contributed by atoms with E-state index in [1.165, 1.54) is 17.0 Å². The van der Waals surface area contributed by atoms with Crippen molar-refractivity contribution in [3.63, 3.8) is 0 Å². The summed E-state index contributed by atoms with van der Waals surface area (Å²) < 4.78 is 2.12. The van der Waals surface area contributed by atoms with E-state index in [0.717, 1.165) is 0 Å². The van der Waals surface area contributed by atoms with Crippen LogP contribution in [-0.4, -0.2) is 38.5 Å². The van der Waals surface area contributed by atoms with Crippen LogP contribution in [0.2, 0.25) is 0 Å². The molecule has 2 heteroatoms. The van der Waals surface area contributed by atoms with Crippen molar-refractivity contribution in [3.8, 4) is 0 Å². The maximum absolute atomic E-state index is 2.25. The smallest absolute Gasteiger partial charge is 0.198 e. The van der Waals surface area contributed by atoms with Crippen LogP contribution in [0.1, 0.15) is 11.5 Å². The third-order valence-corrected chi connectivity index (χ3v) is 3.26. The summed E-state index contributed by atoms with van der Waals surface area (Å²) in [7, 11) is 8.26. The third-order valence-electron chi connectivity index (χ3n) is 3.26. The van der Waals surface area contributed by atoms with Gasteiger partial charge in [-0.15, -0.1) is 0 Å². The third kappa shape index (κ3) is 2.70. The molecule has 0 spiro atoms. The van der Waals surface area contributed by atoms with E-state index < -0.39 is 0 Å². The van der Waals surface area contributed by atoms with Crippen LogP contribution in [0.4, 0.5) is 5.69 Å². The second-order valence-electron chi connectivity index (χ2n) is 5.05. The van der Waals surface area contributed by atoms with Crippen LogP contribution in [0.15, 0.2) is 48.6 Å². The molecule has 0 aromatic heterocycles. The highest BCUT2D eigenvalue weighted by molar-refractivity contribution is 6.01. The molecule has 0 saturated carbocycles. The zero-order valence-electron chi connectivity index (χ0n) is 11.6. The van der Waals surface area contributed by atoms with Crippen LogP contribution in [0.25, 0.3) is 0 Å². The molecule has 0 aliphatic heterocycles. The number of rotatable bonds is 2. The van der Waals surface area contributed by atoms with Crippen LogP contribution in [0, 0.1) is 0 Å². The van der Waals surface area contributed by atoms with Crippen molar-refractivity contribution >= 4 is 11.4 Å². The highest BCUT2D eigenvalue weighted by atomic mass is 15.1. The molecule has 2 nitrogen and oxygen atoms in total. The Morgan fingerprint density at radius 2 is 1.50 bits per heavy atom. The topological polar surface area (TPSA) is 6.25 Å². The van der Waals surface area contributed by atoms with E-state index >= 15 is 0 Å². The SMILES string of the molecule is CN(C)c1ccc(C2C=CC(=[N+](C)C)C=C2)cc1. The molecule has 0 heterocycles. The summed E-state index contributed by atoms with van der Waals surface area (Å²) in [6, 6.07) is 8.75. The monoisotopic (exact) mass is 241 g/mol. The van der Waals surface area contributed by atoms with Gasteiger partial charge in [-0.1, -0.05) is 24.3 Å². The summed E-state index contributed by atoms with van der Waals surface area (Å²) in [6.07, 6.45) is 8.87. The fourth-order valence-electron chi connectivity index (χ4n) is 2.04. The molecule has 1 aromatic rings. The summed E-state index contributed by atoms with van der Waals surface area (Å²) in [5, 5.41) is 0. The Morgan fingerprint density at radius 3 is 1.94 bits per heavy atom. The standard InChI is InChI=1S/C16H21N2/c1-17(2)15-9-5-13(6-10-15)14-7-11-16(12-8-14)18(3)4/h5-13H,1-4H3/q+1. The molecule has 18 heavy (non-hydrogen) atoms. The summed E-state index contributed by atoms with van der Waals surface area (Å²) in [5.41, 5.74) is 3.82. The van der Waals surface area contributed by atoms with Crippen molar-refractivity contribution < 1.29 is 4.58 Å². The lowest BCUT2D eigenvalue weighted by atomic mass is 9.94. The Kier molecular flexibility index (Phi) is 3.66. The average Bonchev–Trinajstić information content (AvgIpc) is 2.39. The van der Waals surface area contributed by atoms with Gasteiger partial charge in [0.1, 0.15) is 14.1 Å². The minimum absolute atomic E-state index is 0.393. The average molecular weight is 241 g/mol. The molecule has 0 amide bonds. The van der Waals surface area contributed by atoms with Crippen LogP contribution >= 0.6 is 0 Å². The molecule has 0 fully saturated rings. The summed E-state index contributed by atoms with van der Waals surface area (Å²) >= 11 is 0. The van der Waals surface area contributed by atoms with Crippen molar-refractivity contribution in [2.24, 2.45) is 0 Å². The highest BCUT2D eigenvalue weighted by Gasteiger charge is 2.11. The first-order valence-electron chi connectivity index (χ1n) is 6.26. The lowest BCUT2D eigenvalue weighted by Gasteiger charge is -2.15. The Hall–Kier alpha value is -1.83. The van der Waals surface area contributed by atoms with Crippen LogP contribution in [0.3, 0.4) is 0 Å². The maximum atomic E-state index is 2.25. The van der Waals surface area contributed by atoms with E-state index in [2.05, 4.69) is 86.2 Å². The van der Waals surface area contributed by atoms with Gasteiger partial charge in [-0.3, -0.25) is 0 Å². The number of benzene rings is 1. The second kappa shape index (κ2) is 5.21. The van der Waals surface area contributed by atoms with Crippen molar-refractivity contribution in [1.82, 2.24) is 0 Å². The number of anilines is 1. The predicted octanol–water partition coefficient (Wildman–Crippen LogP) is 2.68. The van der Waals surface area contributed by atoms with Gasteiger partial charge in [0.25, 0.3) is 0 Å². The highest BCUT2D eigenvalue weighted by Crippen LogP contribution is 2.24. The van der Waals surface area contributed by atoms with E-state index in [9.17, 15) is 0 Å². The van der Waals surface area contributed by atoms with Crippen molar-refractivity contribution in [2.45, 2.75) is 5.92 Å². The van der Waals surface area contributed by atoms with Gasteiger partial charge in [-0.05, 0) is 17.7 Å². The normalized spacial score (nSPS) is 18.0. The molecule has 2 rings (SSSR count). The van der Waals surface area contributed by atoms with E-state index in [1.807, 2.05) is 0 Å². The zero-order chi connectivity index (χ0) is 13.1. The minimum Gasteiger partial charge on any atom is -0.378 e. The molecular formula is C16H21N2+. The van der Waals surface area contributed by atoms with Gasteiger partial charge in [0, 0.05) is 37.9 Å². The molecular weight excluding hydrogens is 220 g/mol.